The lowest BCUT2D eigenvalue weighted by molar-refractivity contribution is 0.101. The molecule has 0 fully saturated rings. The Kier molecular flexibility index (Phi) is 11.7. The monoisotopic (exact) mass is 858 g/mol. The minimum Gasteiger partial charge on any atom is -0.576 e. The fourth-order valence-corrected chi connectivity index (χ4v) is 8.47. The quantitative estimate of drug-likeness (QED) is 0.102. The number of nitrogens with zero attached hydrogens (tertiary/aromatic N) is 3. The van der Waals surface area contributed by atoms with Crippen molar-refractivity contribution in [1.82, 2.24) is 15.0 Å². The summed E-state index contributed by atoms with van der Waals surface area (Å²) in [7, 11) is 0. The molecule has 9 aromatic rings. The van der Waals surface area contributed by atoms with E-state index in [4.69, 9.17) is 11.4 Å². The van der Waals surface area contributed by atoms with Gasteiger partial charge in [-0.15, -0.1) is 0 Å². The molecule has 0 spiro atoms. The molecule has 0 aliphatic rings. The molecule has 64 heavy (non-hydrogen) atoms. The second kappa shape index (κ2) is 18.1. The van der Waals surface area contributed by atoms with Crippen LogP contribution in [0.2, 0.25) is 0 Å². The van der Waals surface area contributed by atoms with E-state index in [-0.39, 0.29) is 17.7 Å². The summed E-state index contributed by atoms with van der Waals surface area (Å²) in [5.41, 5.74) is 7.69. The summed E-state index contributed by atoms with van der Waals surface area (Å²) in [6, 6.07) is 43.3. The molecule has 0 bridgehead atoms. The Balaban J connectivity index is 1.07. The van der Waals surface area contributed by atoms with Crippen LogP contribution in [0.5, 0.6) is 17.2 Å². The molecule has 6 aromatic carbocycles. The molecular weight excluding hydrogens is 820 g/mol. The van der Waals surface area contributed by atoms with E-state index in [2.05, 4.69) is 30.9 Å². The van der Waals surface area contributed by atoms with Gasteiger partial charge in [-0.3, -0.25) is 29.3 Å². The van der Waals surface area contributed by atoms with E-state index >= 15 is 0 Å². The van der Waals surface area contributed by atoms with Crippen LogP contribution in [-0.2, 0) is 0 Å². The average molecular weight is 859 g/mol. The van der Waals surface area contributed by atoms with Crippen LogP contribution in [0.15, 0.2) is 164 Å². The van der Waals surface area contributed by atoms with Crippen molar-refractivity contribution in [3.05, 3.63) is 198 Å². The average Bonchev–Trinajstić information content (AvgIpc) is 3.32. The molecule has 0 saturated heterocycles. The van der Waals surface area contributed by atoms with Crippen LogP contribution in [0.4, 0.5) is 17.1 Å². The van der Waals surface area contributed by atoms with Crippen molar-refractivity contribution in [3.63, 3.8) is 0 Å². The van der Waals surface area contributed by atoms with Gasteiger partial charge < -0.3 is 27.3 Å². The van der Waals surface area contributed by atoms with Crippen molar-refractivity contribution in [2.24, 2.45) is 0 Å². The van der Waals surface area contributed by atoms with Crippen LogP contribution >= 0.6 is 0 Å². The minimum absolute atomic E-state index is 0.270. The van der Waals surface area contributed by atoms with E-state index in [9.17, 15) is 14.4 Å². The Morgan fingerprint density at radius 2 is 0.672 bits per heavy atom. The number of pyridine rings is 3. The highest BCUT2D eigenvalue weighted by Gasteiger charge is 2.46. The Morgan fingerprint density at radius 1 is 0.391 bits per heavy atom. The zero-order chi connectivity index (χ0) is 44.2. The molecule has 312 valence electrons. The Labute approximate surface area is 373 Å². The van der Waals surface area contributed by atoms with Gasteiger partial charge in [0.25, 0.3) is 17.7 Å². The van der Waals surface area contributed by atoms with Crippen LogP contribution in [0.3, 0.4) is 0 Å². The molecule has 0 aliphatic heterocycles. The first-order valence-electron chi connectivity index (χ1n) is 20.4. The third kappa shape index (κ3) is 8.94. The number of rotatable bonds is 12. The topological polar surface area (TPSA) is 154 Å². The van der Waals surface area contributed by atoms with Crippen LogP contribution in [0, 0.1) is 20.8 Å². The third-order valence-corrected chi connectivity index (χ3v) is 11.9. The number of fused-ring (bicyclic) bond motifs is 3. The SMILES string of the molecule is Cc1ccc(C(=O)Nc2ccc([O][Al]([O]c3ccc(NC(=O)c4ccc(C)cc4)c4cccnc34)[O]c3ccc(NC(=O)c4ccc(C)cc4)c4cccnc34)c3ncccc23)cc1. The first-order valence-corrected chi connectivity index (χ1v) is 21.9. The van der Waals surface area contributed by atoms with Gasteiger partial charge in [-0.05, 0) is 130 Å². The molecule has 9 rings (SSSR count). The molecule has 12 nitrogen and oxygen atoms in total. The van der Waals surface area contributed by atoms with Gasteiger partial charge in [-0.25, -0.2) is 0 Å². The Bertz CT molecular complexity index is 2870. The molecule has 0 saturated carbocycles. The first kappa shape index (κ1) is 41.3. The van der Waals surface area contributed by atoms with Crippen molar-refractivity contribution in [1.29, 1.82) is 0 Å². The number of hydrogen-bond donors (Lipinski definition) is 3. The van der Waals surface area contributed by atoms with E-state index in [0.29, 0.717) is 83.7 Å². The number of aryl methyl sites for hydroxylation is 3. The summed E-state index contributed by atoms with van der Waals surface area (Å²) in [6.07, 6.45) is 4.92. The number of amides is 3. The summed E-state index contributed by atoms with van der Waals surface area (Å²) in [4.78, 5) is 54.0. The number of carbonyl (C=O) groups is 3. The van der Waals surface area contributed by atoms with Gasteiger partial charge >= 0.3 is 15.1 Å². The molecule has 3 amide bonds. The molecule has 3 aromatic heterocycles. The fraction of sp³-hybridized carbons (Fsp3) is 0.0588. The predicted molar refractivity (Wildman–Crippen MR) is 250 cm³/mol. The van der Waals surface area contributed by atoms with Crippen LogP contribution in [-0.4, -0.2) is 47.8 Å². The number of carbonyl (C=O) groups excluding carboxylic acids is 3. The van der Waals surface area contributed by atoms with Crippen LogP contribution in [0.25, 0.3) is 32.7 Å². The molecule has 0 aliphatic carbocycles. The predicted octanol–water partition coefficient (Wildman–Crippen LogP) is 10.5. The highest BCUT2D eigenvalue weighted by molar-refractivity contribution is 6.40. The zero-order valence-electron chi connectivity index (χ0n) is 35.0. The normalized spacial score (nSPS) is 10.9. The van der Waals surface area contributed by atoms with E-state index < -0.39 is 15.1 Å². The second-order valence-electron chi connectivity index (χ2n) is 15.1. The van der Waals surface area contributed by atoms with Gasteiger partial charge in [0.05, 0.1) is 17.1 Å². The Hall–Kier alpha value is -8.11. The van der Waals surface area contributed by atoms with Crippen molar-refractivity contribution < 1.29 is 25.7 Å². The lowest BCUT2D eigenvalue weighted by atomic mass is 10.1. The summed E-state index contributed by atoms with van der Waals surface area (Å²) < 4.78 is 20.2. The van der Waals surface area contributed by atoms with E-state index in [1.807, 2.05) is 75.4 Å². The van der Waals surface area contributed by atoms with Crippen LogP contribution in [0.1, 0.15) is 47.8 Å². The maximum atomic E-state index is 13.3. The fourth-order valence-electron chi connectivity index (χ4n) is 7.13. The van der Waals surface area contributed by atoms with Gasteiger partial charge in [0.2, 0.25) is 0 Å². The largest absolute Gasteiger partial charge is 1.20 e. The van der Waals surface area contributed by atoms with Crippen molar-refractivity contribution in [3.8, 4) is 17.2 Å². The van der Waals surface area contributed by atoms with Gasteiger partial charge in [0.1, 0.15) is 33.8 Å². The van der Waals surface area contributed by atoms with Gasteiger partial charge in [0, 0.05) is 51.4 Å². The van der Waals surface area contributed by atoms with Gasteiger partial charge in [-0.1, -0.05) is 53.1 Å². The molecule has 3 heterocycles. The summed E-state index contributed by atoms with van der Waals surface area (Å²) >= 11 is -3.41. The molecule has 13 heteroatoms. The number of benzene rings is 6. The highest BCUT2D eigenvalue weighted by Crippen LogP contribution is 2.36. The van der Waals surface area contributed by atoms with Gasteiger partial charge in [-0.2, -0.15) is 0 Å². The van der Waals surface area contributed by atoms with Crippen molar-refractivity contribution in [2.45, 2.75) is 20.8 Å². The Morgan fingerprint density at radius 3 is 0.953 bits per heavy atom. The molecule has 0 unspecified atom stereocenters. The van der Waals surface area contributed by atoms with Crippen molar-refractivity contribution >= 4 is 82.6 Å². The summed E-state index contributed by atoms with van der Waals surface area (Å²) in [6.45, 7) is 5.89. The van der Waals surface area contributed by atoms with Crippen LogP contribution < -0.4 is 27.3 Å². The van der Waals surface area contributed by atoms with E-state index in [1.54, 1.807) is 110 Å². The second-order valence-corrected chi connectivity index (χ2v) is 16.4. The van der Waals surface area contributed by atoms with Gasteiger partial charge in [0.15, 0.2) is 0 Å². The maximum Gasteiger partial charge on any atom is 1.20 e. The number of aromatic nitrogens is 3. The summed E-state index contributed by atoms with van der Waals surface area (Å²) in [5.74, 6) is 0.229. The van der Waals surface area contributed by atoms with E-state index in [0.717, 1.165) is 16.7 Å². The first-order chi connectivity index (χ1) is 31.2. The number of hydrogen-bond acceptors (Lipinski definition) is 9. The summed E-state index contributed by atoms with van der Waals surface area (Å²) in [5, 5.41) is 11.0. The lowest BCUT2D eigenvalue weighted by Gasteiger charge is -2.20. The standard InChI is InChI=1S/3C17H14N2O2.Al/c3*1-11-4-6-12(7-5-11)17(21)19-14-8-9-15(20)16-13(14)3-2-10-18-16;/h3*2-10,20H,1H3,(H,19,21);/q;;;+3/p-3. The molecule has 0 atom stereocenters. The molecule has 3 N–H and O–H groups in total. The number of anilines is 3. The van der Waals surface area contributed by atoms with E-state index in [1.165, 1.54) is 0 Å². The highest BCUT2D eigenvalue weighted by atomic mass is 27.3. The maximum absolute atomic E-state index is 13.3. The minimum atomic E-state index is -3.41. The number of nitrogens with one attached hydrogen (secondary N) is 3. The lowest BCUT2D eigenvalue weighted by Crippen LogP contribution is -2.37. The molecule has 0 radical (unpaired) electrons. The van der Waals surface area contributed by atoms with Crippen molar-refractivity contribution in [2.75, 3.05) is 16.0 Å². The zero-order valence-corrected chi connectivity index (χ0v) is 36.1. The smallest absolute Gasteiger partial charge is 0.576 e. The molecular formula is C51H39AlN6O6. The third-order valence-electron chi connectivity index (χ3n) is 10.6.